The van der Waals surface area contributed by atoms with E-state index in [-0.39, 0.29) is 5.41 Å². The Labute approximate surface area is 149 Å². The van der Waals surface area contributed by atoms with Gasteiger partial charge in [0, 0.05) is 15.1 Å². The van der Waals surface area contributed by atoms with Crippen molar-refractivity contribution in [1.29, 1.82) is 0 Å². The summed E-state index contributed by atoms with van der Waals surface area (Å²) in [4.78, 5) is 0. The van der Waals surface area contributed by atoms with Crippen molar-refractivity contribution in [3.05, 3.63) is 102 Å². The van der Waals surface area contributed by atoms with Gasteiger partial charge in [0.1, 0.15) is 0 Å². The number of hydrogen-bond donors (Lipinski definition) is 0. The highest BCUT2D eigenvalue weighted by molar-refractivity contribution is 9.10. The smallest absolute Gasteiger partial charge is 0.0259 e. The summed E-state index contributed by atoms with van der Waals surface area (Å²) in [6, 6.07) is 20.0. The molecule has 0 bridgehead atoms. The number of halogens is 1. The van der Waals surface area contributed by atoms with Gasteiger partial charge in [-0.2, -0.15) is 0 Å². The van der Waals surface area contributed by atoms with Crippen LogP contribution in [-0.4, -0.2) is 0 Å². The Balaban J connectivity index is 1.98. The van der Waals surface area contributed by atoms with Gasteiger partial charge in [0.15, 0.2) is 0 Å². The highest BCUT2D eigenvalue weighted by Gasteiger charge is 2.29. The molecule has 0 fully saturated rings. The number of hydrogen-bond acceptors (Lipinski definition) is 0. The summed E-state index contributed by atoms with van der Waals surface area (Å²) in [5.74, 6) is 0. The molecule has 3 aromatic carbocycles. The monoisotopic (exact) mass is 372 g/mol. The van der Waals surface area contributed by atoms with E-state index in [4.69, 9.17) is 0 Å². The minimum absolute atomic E-state index is 0.0136. The molecule has 0 unspecified atom stereocenters. The minimum Gasteiger partial charge on any atom is -0.0619 e. The van der Waals surface area contributed by atoms with Crippen molar-refractivity contribution < 1.29 is 0 Å². The zero-order valence-corrected chi connectivity index (χ0v) is 15.3. The predicted octanol–water partition coefficient (Wildman–Crippen LogP) is 4.35. The Bertz CT molecular complexity index is 1230. The third-order valence-corrected chi connectivity index (χ3v) is 6.13. The molecule has 0 saturated heterocycles. The lowest BCUT2D eigenvalue weighted by atomic mass is 9.72. The number of benzene rings is 3. The second-order valence-electron chi connectivity index (χ2n) is 7.23. The van der Waals surface area contributed by atoms with E-state index in [9.17, 15) is 0 Å². The lowest BCUT2D eigenvalue weighted by Crippen LogP contribution is -2.31. The first kappa shape index (κ1) is 14.2. The number of rotatable bonds is 0. The lowest BCUT2D eigenvalue weighted by molar-refractivity contribution is 0.629. The van der Waals surface area contributed by atoms with Crippen LogP contribution >= 0.6 is 15.9 Å². The second kappa shape index (κ2) is 4.70. The summed E-state index contributed by atoms with van der Waals surface area (Å²) in [6.07, 6.45) is 4.64. The van der Waals surface area contributed by atoms with Gasteiger partial charge in [0.05, 0.1) is 0 Å². The molecule has 2 aliphatic rings. The molecule has 0 aliphatic heterocycles. The molecule has 5 rings (SSSR count). The Morgan fingerprint density at radius 3 is 2.42 bits per heavy atom. The Morgan fingerprint density at radius 1 is 0.750 bits per heavy atom. The van der Waals surface area contributed by atoms with E-state index < -0.39 is 0 Å². The summed E-state index contributed by atoms with van der Waals surface area (Å²) in [5, 5.41) is 5.32. The SMILES string of the molecule is CC1(C)c2ccccc2C=c2cc3c(cc21)=c1c(Br)cccc1=C3. The highest BCUT2D eigenvalue weighted by Crippen LogP contribution is 2.35. The molecular weight excluding hydrogens is 356 g/mol. The van der Waals surface area contributed by atoms with Crippen LogP contribution in [0.15, 0.2) is 59.1 Å². The van der Waals surface area contributed by atoms with Gasteiger partial charge in [-0.3, -0.25) is 0 Å². The van der Waals surface area contributed by atoms with E-state index in [1.807, 2.05) is 0 Å². The van der Waals surface area contributed by atoms with Crippen LogP contribution in [0.5, 0.6) is 0 Å². The maximum atomic E-state index is 3.74. The van der Waals surface area contributed by atoms with Crippen molar-refractivity contribution in [1.82, 2.24) is 0 Å². The lowest BCUT2D eigenvalue weighted by Gasteiger charge is -2.32. The first-order chi connectivity index (χ1) is 11.6. The van der Waals surface area contributed by atoms with Crippen LogP contribution in [0.1, 0.15) is 36.1 Å². The zero-order chi connectivity index (χ0) is 16.5. The van der Waals surface area contributed by atoms with Crippen LogP contribution in [0.3, 0.4) is 0 Å². The van der Waals surface area contributed by atoms with Gasteiger partial charge in [-0.05, 0) is 68.3 Å². The molecule has 1 heteroatoms. The van der Waals surface area contributed by atoms with Crippen LogP contribution in [0, 0.1) is 10.4 Å². The van der Waals surface area contributed by atoms with E-state index in [0.29, 0.717) is 0 Å². The summed E-state index contributed by atoms with van der Waals surface area (Å²) < 4.78 is 1.17. The van der Waals surface area contributed by atoms with Crippen molar-refractivity contribution in [3.8, 4) is 0 Å². The van der Waals surface area contributed by atoms with Crippen LogP contribution in [0.2, 0.25) is 0 Å². The molecule has 2 aliphatic carbocycles. The summed E-state index contributed by atoms with van der Waals surface area (Å²) in [5.41, 5.74) is 5.50. The van der Waals surface area contributed by atoms with E-state index in [1.54, 1.807) is 0 Å². The van der Waals surface area contributed by atoms with Gasteiger partial charge in [0.25, 0.3) is 0 Å². The molecule has 0 heterocycles. The average molecular weight is 373 g/mol. The fraction of sp³-hybridized carbons (Fsp3) is 0.130. The zero-order valence-electron chi connectivity index (χ0n) is 13.7. The molecule has 0 spiro atoms. The van der Waals surface area contributed by atoms with Gasteiger partial charge in [-0.25, -0.2) is 0 Å². The maximum absolute atomic E-state index is 3.74. The first-order valence-electron chi connectivity index (χ1n) is 8.32. The van der Waals surface area contributed by atoms with E-state index >= 15 is 0 Å². The van der Waals surface area contributed by atoms with Crippen molar-refractivity contribution >= 4 is 28.1 Å². The Morgan fingerprint density at radius 2 is 1.54 bits per heavy atom. The average Bonchev–Trinajstić information content (AvgIpc) is 2.92. The van der Waals surface area contributed by atoms with Crippen LogP contribution < -0.4 is 10.4 Å². The van der Waals surface area contributed by atoms with Gasteiger partial charge in [-0.15, -0.1) is 0 Å². The highest BCUT2D eigenvalue weighted by atomic mass is 79.9. The Kier molecular flexibility index (Phi) is 2.79. The van der Waals surface area contributed by atoms with E-state index in [1.165, 1.54) is 47.6 Å². The molecule has 0 saturated carbocycles. The molecule has 0 amide bonds. The third-order valence-electron chi connectivity index (χ3n) is 5.47. The second-order valence-corrected chi connectivity index (χ2v) is 8.09. The van der Waals surface area contributed by atoms with Crippen LogP contribution in [0.4, 0.5) is 0 Å². The van der Waals surface area contributed by atoms with Crippen molar-refractivity contribution in [3.63, 3.8) is 0 Å². The first-order valence-corrected chi connectivity index (χ1v) is 9.11. The Hall–Kier alpha value is -2.12. The van der Waals surface area contributed by atoms with Crippen molar-refractivity contribution in [2.75, 3.05) is 0 Å². The van der Waals surface area contributed by atoms with Crippen molar-refractivity contribution in [2.45, 2.75) is 19.3 Å². The molecular formula is C23H17Br. The summed E-state index contributed by atoms with van der Waals surface area (Å²) >= 11 is 3.74. The molecule has 0 aromatic heterocycles. The molecule has 0 atom stereocenters. The fourth-order valence-electron chi connectivity index (χ4n) is 4.25. The summed E-state index contributed by atoms with van der Waals surface area (Å²) in [6.45, 7) is 4.67. The third kappa shape index (κ3) is 1.79. The van der Waals surface area contributed by atoms with E-state index in [0.717, 1.165) is 0 Å². The molecule has 3 aromatic rings. The van der Waals surface area contributed by atoms with Gasteiger partial charge in [-0.1, -0.05) is 66.2 Å². The van der Waals surface area contributed by atoms with Crippen LogP contribution in [0.25, 0.3) is 12.2 Å². The minimum atomic E-state index is 0.0136. The van der Waals surface area contributed by atoms with Crippen molar-refractivity contribution in [2.24, 2.45) is 0 Å². The molecule has 24 heavy (non-hydrogen) atoms. The normalized spacial score (nSPS) is 15.5. The predicted molar refractivity (Wildman–Crippen MR) is 103 cm³/mol. The maximum Gasteiger partial charge on any atom is 0.0259 e. The standard InChI is InChI=1S/C23H17Br/c1-23(2)19-8-4-3-6-14(19)10-17-12-16-11-15-7-5-9-21(24)22(15)18(16)13-20(17)23/h3-13H,1-2H3. The van der Waals surface area contributed by atoms with Gasteiger partial charge >= 0.3 is 0 Å². The number of fused-ring (bicyclic) bond motifs is 4. The molecule has 116 valence electrons. The topological polar surface area (TPSA) is 0 Å². The molecule has 0 N–H and O–H groups in total. The largest absolute Gasteiger partial charge is 0.0619 e. The summed E-state index contributed by atoms with van der Waals surface area (Å²) in [7, 11) is 0. The van der Waals surface area contributed by atoms with Gasteiger partial charge in [0.2, 0.25) is 0 Å². The molecule has 0 radical (unpaired) electrons. The quantitative estimate of drug-likeness (QED) is 0.430. The molecule has 0 nitrogen and oxygen atoms in total. The van der Waals surface area contributed by atoms with E-state index in [2.05, 4.69) is 96.5 Å². The fourth-order valence-corrected chi connectivity index (χ4v) is 4.84. The van der Waals surface area contributed by atoms with Crippen LogP contribution in [-0.2, 0) is 5.41 Å². The van der Waals surface area contributed by atoms with Gasteiger partial charge < -0.3 is 0 Å².